The summed E-state index contributed by atoms with van der Waals surface area (Å²) in [5.74, 6) is 0. The van der Waals surface area contributed by atoms with E-state index in [-0.39, 0.29) is 30.1 Å². The van der Waals surface area contributed by atoms with Crippen LogP contribution in [0.2, 0.25) is 0 Å². The zero-order valence-corrected chi connectivity index (χ0v) is 20.3. The van der Waals surface area contributed by atoms with Gasteiger partial charge < -0.3 is 15.3 Å². The minimum absolute atomic E-state index is 0.0302. The lowest BCUT2D eigenvalue weighted by Gasteiger charge is -2.28. The third kappa shape index (κ3) is 6.90. The molecule has 0 saturated heterocycles. The van der Waals surface area contributed by atoms with Crippen LogP contribution in [0.25, 0.3) is 0 Å². The summed E-state index contributed by atoms with van der Waals surface area (Å²) in [6.07, 6.45) is 4.32. The average molecular weight is 427 g/mol. The van der Waals surface area contributed by atoms with Gasteiger partial charge in [-0.3, -0.25) is 0 Å². The Balaban J connectivity index is 2.12. The van der Waals surface area contributed by atoms with Crippen molar-refractivity contribution < 1.29 is 15.3 Å². The Morgan fingerprint density at radius 1 is 0.774 bits per heavy atom. The molecule has 0 fully saturated rings. The number of benzene rings is 2. The summed E-state index contributed by atoms with van der Waals surface area (Å²) in [7, 11) is 0. The van der Waals surface area contributed by atoms with Crippen molar-refractivity contribution in [3.63, 3.8) is 0 Å². The van der Waals surface area contributed by atoms with E-state index < -0.39 is 0 Å². The lowest BCUT2D eigenvalue weighted by molar-refractivity contribution is 0.0559. The van der Waals surface area contributed by atoms with Crippen molar-refractivity contribution in [3.8, 4) is 0 Å². The molecule has 3 nitrogen and oxygen atoms in total. The molecule has 0 radical (unpaired) electrons. The molecular weight excluding hydrogens is 384 g/mol. The molecule has 3 N–H and O–H groups in total. The molecule has 1 unspecified atom stereocenters. The molecular formula is C28H42O3. The van der Waals surface area contributed by atoms with E-state index in [4.69, 9.17) is 0 Å². The maximum Gasteiger partial charge on any atom is 0.0685 e. The summed E-state index contributed by atoms with van der Waals surface area (Å²) in [4.78, 5) is 0. The van der Waals surface area contributed by atoms with Gasteiger partial charge in [0.15, 0.2) is 0 Å². The first-order valence-corrected chi connectivity index (χ1v) is 11.6. The SMILES string of the molecule is CCc1cc(C(C)(C)CCc2ccc(CO)c(CO)c2)ccc1CCC(O)C(C)(C)C. The Hall–Kier alpha value is -1.68. The maximum absolute atomic E-state index is 10.4. The Morgan fingerprint density at radius 2 is 1.42 bits per heavy atom. The molecule has 0 bridgehead atoms. The first kappa shape index (κ1) is 25.6. The van der Waals surface area contributed by atoms with E-state index in [1.165, 1.54) is 22.3 Å². The van der Waals surface area contributed by atoms with E-state index in [0.29, 0.717) is 0 Å². The monoisotopic (exact) mass is 426 g/mol. The topological polar surface area (TPSA) is 60.7 Å². The van der Waals surface area contributed by atoms with Gasteiger partial charge in [-0.15, -0.1) is 0 Å². The van der Waals surface area contributed by atoms with Gasteiger partial charge in [-0.25, -0.2) is 0 Å². The van der Waals surface area contributed by atoms with Gasteiger partial charge in [0.2, 0.25) is 0 Å². The fourth-order valence-corrected chi connectivity index (χ4v) is 4.08. The highest BCUT2D eigenvalue weighted by Crippen LogP contribution is 2.32. The lowest BCUT2D eigenvalue weighted by atomic mass is 9.78. The molecule has 31 heavy (non-hydrogen) atoms. The van der Waals surface area contributed by atoms with Crippen LogP contribution in [0.15, 0.2) is 36.4 Å². The third-order valence-corrected chi connectivity index (χ3v) is 6.71. The van der Waals surface area contributed by atoms with Gasteiger partial charge in [-0.2, -0.15) is 0 Å². The smallest absolute Gasteiger partial charge is 0.0685 e. The average Bonchev–Trinajstić information content (AvgIpc) is 2.74. The van der Waals surface area contributed by atoms with Crippen molar-refractivity contribution in [2.45, 2.75) is 98.4 Å². The van der Waals surface area contributed by atoms with Crippen LogP contribution < -0.4 is 0 Å². The second kappa shape index (κ2) is 10.8. The Kier molecular flexibility index (Phi) is 8.88. The summed E-state index contributed by atoms with van der Waals surface area (Å²) in [5.41, 5.74) is 6.82. The van der Waals surface area contributed by atoms with Gasteiger partial charge >= 0.3 is 0 Å². The molecule has 0 amide bonds. The van der Waals surface area contributed by atoms with Crippen LogP contribution in [0.3, 0.4) is 0 Å². The first-order chi connectivity index (χ1) is 14.5. The summed E-state index contributed by atoms with van der Waals surface area (Å²) in [6, 6.07) is 12.9. The van der Waals surface area contributed by atoms with E-state index in [9.17, 15) is 15.3 Å². The molecule has 2 aromatic rings. The summed E-state index contributed by atoms with van der Waals surface area (Å²) >= 11 is 0. The highest BCUT2D eigenvalue weighted by Gasteiger charge is 2.24. The molecule has 0 aliphatic rings. The molecule has 172 valence electrons. The van der Waals surface area contributed by atoms with Crippen molar-refractivity contribution >= 4 is 0 Å². The molecule has 0 spiro atoms. The first-order valence-electron chi connectivity index (χ1n) is 11.6. The highest BCUT2D eigenvalue weighted by atomic mass is 16.3. The second-order valence-corrected chi connectivity index (χ2v) is 10.6. The molecule has 1 atom stereocenters. The molecule has 2 aromatic carbocycles. The molecule has 0 saturated carbocycles. The van der Waals surface area contributed by atoms with Crippen molar-refractivity contribution in [2.75, 3.05) is 0 Å². The third-order valence-electron chi connectivity index (χ3n) is 6.71. The van der Waals surface area contributed by atoms with Crippen LogP contribution in [0.5, 0.6) is 0 Å². The zero-order valence-electron chi connectivity index (χ0n) is 20.3. The van der Waals surface area contributed by atoms with Gasteiger partial charge in [0.25, 0.3) is 0 Å². The van der Waals surface area contributed by atoms with Gasteiger partial charge in [-0.05, 0) is 76.3 Å². The van der Waals surface area contributed by atoms with Crippen LogP contribution >= 0.6 is 0 Å². The zero-order chi connectivity index (χ0) is 23.2. The largest absolute Gasteiger partial charge is 0.393 e. The number of hydrogen-bond donors (Lipinski definition) is 3. The van der Waals surface area contributed by atoms with Crippen LogP contribution in [-0.2, 0) is 37.9 Å². The molecule has 3 heteroatoms. The van der Waals surface area contributed by atoms with Crippen LogP contribution in [-0.4, -0.2) is 21.4 Å². The predicted molar refractivity (Wildman–Crippen MR) is 129 cm³/mol. The normalized spacial score (nSPS) is 13.5. The van der Waals surface area contributed by atoms with E-state index in [1.807, 2.05) is 12.1 Å². The second-order valence-electron chi connectivity index (χ2n) is 10.6. The summed E-state index contributed by atoms with van der Waals surface area (Å²) < 4.78 is 0. The van der Waals surface area contributed by atoms with E-state index in [2.05, 4.69) is 65.8 Å². The molecule has 0 heterocycles. The van der Waals surface area contributed by atoms with Crippen LogP contribution in [0, 0.1) is 5.41 Å². The fraction of sp³-hybridized carbons (Fsp3) is 0.571. The van der Waals surface area contributed by atoms with Gasteiger partial charge in [0.05, 0.1) is 19.3 Å². The van der Waals surface area contributed by atoms with Crippen molar-refractivity contribution in [2.24, 2.45) is 5.41 Å². The van der Waals surface area contributed by atoms with Crippen LogP contribution in [0.1, 0.15) is 87.8 Å². The quantitative estimate of drug-likeness (QED) is 0.471. The maximum atomic E-state index is 10.4. The summed E-state index contributed by atoms with van der Waals surface area (Å²) in [6.45, 7) is 13.0. The Morgan fingerprint density at radius 3 is 2.00 bits per heavy atom. The van der Waals surface area contributed by atoms with E-state index in [0.717, 1.165) is 43.2 Å². The van der Waals surface area contributed by atoms with Crippen LogP contribution in [0.4, 0.5) is 0 Å². The molecule has 0 aliphatic heterocycles. The predicted octanol–water partition coefficient (Wildman–Crippen LogP) is 5.48. The Bertz CT molecular complexity index is 846. The van der Waals surface area contributed by atoms with Gasteiger partial charge in [0.1, 0.15) is 0 Å². The minimum atomic E-state index is -0.297. The summed E-state index contributed by atoms with van der Waals surface area (Å²) in [5, 5.41) is 29.4. The number of aryl methyl sites for hydroxylation is 3. The fourth-order valence-electron chi connectivity index (χ4n) is 4.08. The minimum Gasteiger partial charge on any atom is -0.393 e. The van der Waals surface area contributed by atoms with Gasteiger partial charge in [-0.1, -0.05) is 77.9 Å². The number of hydrogen-bond acceptors (Lipinski definition) is 3. The van der Waals surface area contributed by atoms with E-state index >= 15 is 0 Å². The molecule has 0 aromatic heterocycles. The number of rotatable bonds is 10. The highest BCUT2D eigenvalue weighted by molar-refractivity contribution is 5.37. The lowest BCUT2D eigenvalue weighted by Crippen LogP contribution is -2.26. The molecule has 0 aliphatic carbocycles. The van der Waals surface area contributed by atoms with Gasteiger partial charge in [0, 0.05) is 0 Å². The van der Waals surface area contributed by atoms with E-state index in [1.54, 1.807) is 0 Å². The standard InChI is InChI=1S/C28H42O3/c1-7-21-17-25(12-10-22(21)11-13-26(31)27(2,3)4)28(5,6)15-14-20-8-9-23(18-29)24(16-20)19-30/h8-10,12,16-17,26,29-31H,7,11,13-15,18-19H2,1-6H3. The van der Waals surface area contributed by atoms with Crippen molar-refractivity contribution in [1.29, 1.82) is 0 Å². The number of aliphatic hydroxyl groups is 3. The number of aliphatic hydroxyl groups excluding tert-OH is 3. The molecule has 2 rings (SSSR count). The van der Waals surface area contributed by atoms with Crippen molar-refractivity contribution in [3.05, 3.63) is 69.8 Å². The van der Waals surface area contributed by atoms with Crippen molar-refractivity contribution in [1.82, 2.24) is 0 Å². The Labute approximate surface area is 189 Å².